The quantitative estimate of drug-likeness (QED) is 0.579. The second kappa shape index (κ2) is 9.01. The summed E-state index contributed by atoms with van der Waals surface area (Å²) < 4.78 is 19.7. The number of thiophene rings is 1. The van der Waals surface area contributed by atoms with Crippen molar-refractivity contribution in [3.63, 3.8) is 0 Å². The number of esters is 1. The van der Waals surface area contributed by atoms with Gasteiger partial charge in [-0.15, -0.1) is 0 Å². The summed E-state index contributed by atoms with van der Waals surface area (Å²) in [5.74, 6) is -0.973. The molecular weight excluding hydrogens is 417 g/mol. The SMILES string of the molecule is CCOC(=O)[C@]1(Cc2ccccc2F)CCCN(C(=O)c2cc(-c3ccsc3)n[nH]2)C1. The summed E-state index contributed by atoms with van der Waals surface area (Å²) >= 11 is 1.56. The van der Waals surface area contributed by atoms with Crippen molar-refractivity contribution in [2.24, 2.45) is 5.41 Å². The zero-order valence-corrected chi connectivity index (χ0v) is 18.1. The van der Waals surface area contributed by atoms with E-state index in [-0.39, 0.29) is 37.3 Å². The highest BCUT2D eigenvalue weighted by Gasteiger charge is 2.45. The number of benzene rings is 1. The van der Waals surface area contributed by atoms with Crippen LogP contribution in [0.15, 0.2) is 47.2 Å². The number of hydrogen-bond donors (Lipinski definition) is 1. The van der Waals surface area contributed by atoms with Gasteiger partial charge in [0.15, 0.2) is 0 Å². The number of ether oxygens (including phenoxy) is 1. The van der Waals surface area contributed by atoms with Gasteiger partial charge in [0.2, 0.25) is 0 Å². The van der Waals surface area contributed by atoms with Crippen LogP contribution in [0.5, 0.6) is 0 Å². The maximum Gasteiger partial charge on any atom is 0.314 e. The first-order valence-corrected chi connectivity index (χ1v) is 11.2. The predicted molar refractivity (Wildman–Crippen MR) is 116 cm³/mol. The van der Waals surface area contributed by atoms with Gasteiger partial charge in [0.25, 0.3) is 5.91 Å². The molecule has 1 amide bonds. The van der Waals surface area contributed by atoms with Gasteiger partial charge in [0, 0.05) is 24.0 Å². The van der Waals surface area contributed by atoms with Crippen molar-refractivity contribution in [1.82, 2.24) is 15.1 Å². The smallest absolute Gasteiger partial charge is 0.314 e. The number of likely N-dealkylation sites (tertiary alicyclic amines) is 1. The highest BCUT2D eigenvalue weighted by Crippen LogP contribution is 2.36. The minimum absolute atomic E-state index is 0.172. The zero-order valence-electron chi connectivity index (χ0n) is 17.3. The number of rotatable bonds is 6. The molecule has 1 atom stereocenters. The van der Waals surface area contributed by atoms with E-state index in [4.69, 9.17) is 4.74 Å². The Morgan fingerprint density at radius 3 is 2.90 bits per heavy atom. The number of piperidine rings is 1. The topological polar surface area (TPSA) is 75.3 Å². The number of carbonyl (C=O) groups is 2. The van der Waals surface area contributed by atoms with Crippen LogP contribution in [0.2, 0.25) is 0 Å². The summed E-state index contributed by atoms with van der Waals surface area (Å²) in [5.41, 5.74) is 1.48. The van der Waals surface area contributed by atoms with Gasteiger partial charge < -0.3 is 9.64 Å². The number of halogens is 1. The molecule has 3 heterocycles. The molecule has 8 heteroatoms. The number of H-pyrrole nitrogens is 1. The van der Waals surface area contributed by atoms with Crippen molar-refractivity contribution in [3.05, 3.63) is 64.2 Å². The molecule has 0 bridgehead atoms. The van der Waals surface area contributed by atoms with E-state index in [2.05, 4.69) is 10.2 Å². The van der Waals surface area contributed by atoms with Gasteiger partial charge >= 0.3 is 5.97 Å². The Hall–Kier alpha value is -3.00. The second-order valence-electron chi connectivity index (χ2n) is 7.78. The van der Waals surface area contributed by atoms with Gasteiger partial charge in [-0.25, -0.2) is 4.39 Å². The van der Waals surface area contributed by atoms with Crippen LogP contribution in [0.25, 0.3) is 11.3 Å². The summed E-state index contributed by atoms with van der Waals surface area (Å²) in [6.45, 7) is 2.67. The standard InChI is InChI=1S/C23H24FN3O3S/c1-2-30-22(29)23(13-16-6-3-4-7-18(16)24)9-5-10-27(15-23)21(28)20-12-19(25-26-20)17-8-11-31-14-17/h3-4,6-8,11-12,14H,2,5,9-10,13,15H2,1H3,(H,25,26)/t23-/m0/s1. The number of hydrogen-bond acceptors (Lipinski definition) is 5. The number of aromatic amines is 1. The third-order valence-corrected chi connectivity index (χ3v) is 6.37. The minimum Gasteiger partial charge on any atom is -0.466 e. The molecule has 1 N–H and O–H groups in total. The fourth-order valence-electron chi connectivity index (χ4n) is 4.14. The lowest BCUT2D eigenvalue weighted by molar-refractivity contribution is -0.158. The summed E-state index contributed by atoms with van der Waals surface area (Å²) in [5, 5.41) is 11.0. The molecule has 1 aromatic carbocycles. The molecule has 4 rings (SSSR count). The molecule has 6 nitrogen and oxygen atoms in total. The van der Waals surface area contributed by atoms with Crippen LogP contribution in [0.3, 0.4) is 0 Å². The lowest BCUT2D eigenvalue weighted by atomic mass is 9.75. The van der Waals surface area contributed by atoms with Gasteiger partial charge in [0.05, 0.1) is 17.7 Å². The van der Waals surface area contributed by atoms with E-state index >= 15 is 0 Å². The van der Waals surface area contributed by atoms with Gasteiger partial charge in [0.1, 0.15) is 11.5 Å². The summed E-state index contributed by atoms with van der Waals surface area (Å²) in [6, 6.07) is 10.1. The molecule has 1 aliphatic heterocycles. The molecule has 1 fully saturated rings. The van der Waals surface area contributed by atoms with Gasteiger partial charge in [-0.05, 0) is 55.3 Å². The largest absolute Gasteiger partial charge is 0.466 e. The van der Waals surface area contributed by atoms with E-state index in [1.807, 2.05) is 16.8 Å². The Balaban J connectivity index is 1.59. The van der Waals surface area contributed by atoms with Gasteiger partial charge in [-0.3, -0.25) is 14.7 Å². The zero-order chi connectivity index (χ0) is 21.8. The molecule has 162 valence electrons. The lowest BCUT2D eigenvalue weighted by Gasteiger charge is -2.41. The third kappa shape index (κ3) is 4.39. The number of carbonyl (C=O) groups excluding carboxylic acids is 2. The average Bonchev–Trinajstić information content (AvgIpc) is 3.47. The molecule has 0 aliphatic carbocycles. The Morgan fingerprint density at radius 1 is 1.32 bits per heavy atom. The number of amides is 1. The predicted octanol–water partition coefficient (Wildman–Crippen LogP) is 4.31. The van der Waals surface area contributed by atoms with Gasteiger partial charge in [-0.2, -0.15) is 16.4 Å². The molecular formula is C23H24FN3O3S. The monoisotopic (exact) mass is 441 g/mol. The Bertz CT molecular complexity index is 1070. The average molecular weight is 442 g/mol. The van der Waals surface area contributed by atoms with Crippen LogP contribution in [0, 0.1) is 11.2 Å². The van der Waals surface area contributed by atoms with Crippen LogP contribution in [0.1, 0.15) is 35.8 Å². The summed E-state index contributed by atoms with van der Waals surface area (Å²) in [4.78, 5) is 27.8. The Labute approximate surface area is 184 Å². The van der Waals surface area contributed by atoms with Crippen molar-refractivity contribution < 1.29 is 18.7 Å². The lowest BCUT2D eigenvalue weighted by Crippen LogP contribution is -2.51. The number of nitrogens with one attached hydrogen (secondary N) is 1. The fourth-order valence-corrected chi connectivity index (χ4v) is 4.79. The Morgan fingerprint density at radius 2 is 2.16 bits per heavy atom. The first-order valence-electron chi connectivity index (χ1n) is 10.3. The third-order valence-electron chi connectivity index (χ3n) is 5.68. The maximum atomic E-state index is 14.4. The molecule has 31 heavy (non-hydrogen) atoms. The number of aromatic nitrogens is 2. The molecule has 2 aromatic heterocycles. The van der Waals surface area contributed by atoms with E-state index in [0.29, 0.717) is 36.3 Å². The normalized spacial score (nSPS) is 18.7. The summed E-state index contributed by atoms with van der Waals surface area (Å²) in [7, 11) is 0. The van der Waals surface area contributed by atoms with Crippen LogP contribution in [0.4, 0.5) is 4.39 Å². The van der Waals surface area contributed by atoms with Crippen LogP contribution >= 0.6 is 11.3 Å². The van der Waals surface area contributed by atoms with E-state index < -0.39 is 5.41 Å². The minimum atomic E-state index is -0.984. The van der Waals surface area contributed by atoms with E-state index in [1.165, 1.54) is 6.07 Å². The number of nitrogens with zero attached hydrogens (tertiary/aromatic N) is 2. The van der Waals surface area contributed by atoms with Crippen LogP contribution in [-0.4, -0.2) is 46.7 Å². The van der Waals surface area contributed by atoms with Gasteiger partial charge in [-0.1, -0.05) is 18.2 Å². The highest BCUT2D eigenvalue weighted by molar-refractivity contribution is 7.08. The van der Waals surface area contributed by atoms with Crippen molar-refractivity contribution in [3.8, 4) is 11.3 Å². The first-order chi connectivity index (χ1) is 15.0. The van der Waals surface area contributed by atoms with E-state index in [9.17, 15) is 14.0 Å². The molecule has 1 aliphatic rings. The van der Waals surface area contributed by atoms with E-state index in [0.717, 1.165) is 5.56 Å². The molecule has 0 radical (unpaired) electrons. The van der Waals surface area contributed by atoms with Crippen molar-refractivity contribution in [2.75, 3.05) is 19.7 Å². The van der Waals surface area contributed by atoms with Crippen LogP contribution in [-0.2, 0) is 16.0 Å². The summed E-state index contributed by atoms with van der Waals surface area (Å²) in [6.07, 6.45) is 1.35. The molecule has 0 spiro atoms. The van der Waals surface area contributed by atoms with Crippen LogP contribution < -0.4 is 0 Å². The van der Waals surface area contributed by atoms with Crippen molar-refractivity contribution in [2.45, 2.75) is 26.2 Å². The molecule has 3 aromatic rings. The first kappa shape index (κ1) is 21.2. The highest BCUT2D eigenvalue weighted by atomic mass is 32.1. The molecule has 0 unspecified atom stereocenters. The Kier molecular flexibility index (Phi) is 6.18. The molecule has 0 saturated carbocycles. The second-order valence-corrected chi connectivity index (χ2v) is 8.56. The van der Waals surface area contributed by atoms with E-state index in [1.54, 1.807) is 47.4 Å². The fraction of sp³-hybridized carbons (Fsp3) is 0.348. The maximum absolute atomic E-state index is 14.4. The van der Waals surface area contributed by atoms with Crippen molar-refractivity contribution >= 4 is 23.2 Å². The molecule has 1 saturated heterocycles. The van der Waals surface area contributed by atoms with Crippen molar-refractivity contribution in [1.29, 1.82) is 0 Å².